The van der Waals surface area contributed by atoms with Gasteiger partial charge in [-0.2, -0.15) is 4.98 Å². The maximum absolute atomic E-state index is 11.6. The van der Waals surface area contributed by atoms with E-state index in [9.17, 15) is 10.0 Å². The van der Waals surface area contributed by atoms with Gasteiger partial charge in [0.05, 0.1) is 18.2 Å². The van der Waals surface area contributed by atoms with Crippen LogP contribution in [0, 0.1) is 5.92 Å². The van der Waals surface area contributed by atoms with Crippen molar-refractivity contribution in [1.29, 1.82) is 0 Å². The first-order valence-corrected chi connectivity index (χ1v) is 7.64. The summed E-state index contributed by atoms with van der Waals surface area (Å²) in [4.78, 5) is 20.1. The lowest BCUT2D eigenvalue weighted by Crippen LogP contribution is -2.19. The molecule has 2 aromatic rings. The molecule has 0 saturated carbocycles. The van der Waals surface area contributed by atoms with Gasteiger partial charge in [-0.05, 0) is 18.6 Å². The molecule has 9 nitrogen and oxygen atoms in total. The van der Waals surface area contributed by atoms with E-state index in [0.717, 1.165) is 6.42 Å². The zero-order valence-corrected chi connectivity index (χ0v) is 13.3. The molecule has 24 heavy (non-hydrogen) atoms. The normalized spacial score (nSPS) is 17.0. The summed E-state index contributed by atoms with van der Waals surface area (Å²) in [5.74, 6) is -0.244. The van der Waals surface area contributed by atoms with Crippen LogP contribution in [0.2, 0.25) is 5.02 Å². The van der Waals surface area contributed by atoms with Crippen LogP contribution in [0.25, 0.3) is 11.5 Å². The predicted molar refractivity (Wildman–Crippen MR) is 80.8 cm³/mol. The van der Waals surface area contributed by atoms with Gasteiger partial charge in [0.2, 0.25) is 5.82 Å². The van der Waals surface area contributed by atoms with Gasteiger partial charge in [-0.1, -0.05) is 21.5 Å². The number of carbonyl (C=O) groups excluding carboxylic acids is 1. The van der Waals surface area contributed by atoms with Crippen molar-refractivity contribution < 1.29 is 24.2 Å². The van der Waals surface area contributed by atoms with Crippen molar-refractivity contribution in [2.75, 3.05) is 26.4 Å². The maximum atomic E-state index is 11.6. The van der Waals surface area contributed by atoms with E-state index in [4.69, 9.17) is 25.8 Å². The molecule has 1 aliphatic heterocycles. The third-order valence-corrected chi connectivity index (χ3v) is 3.57. The third-order valence-electron chi connectivity index (χ3n) is 3.35. The Morgan fingerprint density at radius 3 is 3.08 bits per heavy atom. The van der Waals surface area contributed by atoms with Gasteiger partial charge in [0.25, 0.3) is 0 Å². The lowest BCUT2D eigenvalue weighted by molar-refractivity contribution is -0.147. The summed E-state index contributed by atoms with van der Waals surface area (Å²) >= 11 is 5.75. The molecule has 10 heteroatoms. The SMILES string of the molecule is O=C(COc1nc(-c2ccc(Cl)cn2)n(O)n1)OCC1CCOC1. The highest BCUT2D eigenvalue weighted by molar-refractivity contribution is 6.30. The van der Waals surface area contributed by atoms with Crippen LogP contribution in [0.1, 0.15) is 6.42 Å². The Morgan fingerprint density at radius 2 is 2.38 bits per heavy atom. The van der Waals surface area contributed by atoms with Crippen LogP contribution >= 0.6 is 11.6 Å². The Morgan fingerprint density at radius 1 is 1.50 bits per heavy atom. The van der Waals surface area contributed by atoms with Gasteiger partial charge < -0.3 is 19.4 Å². The fraction of sp³-hybridized carbons (Fsp3) is 0.429. The number of carbonyl (C=O) groups is 1. The minimum absolute atomic E-state index is 0.0677. The molecule has 0 aromatic carbocycles. The van der Waals surface area contributed by atoms with Crippen LogP contribution in [0.5, 0.6) is 6.01 Å². The summed E-state index contributed by atoms with van der Waals surface area (Å²) in [5, 5.41) is 13.8. The van der Waals surface area contributed by atoms with Crippen molar-refractivity contribution in [3.8, 4) is 17.5 Å². The van der Waals surface area contributed by atoms with Crippen molar-refractivity contribution >= 4 is 17.6 Å². The van der Waals surface area contributed by atoms with Gasteiger partial charge in [0, 0.05) is 18.7 Å². The molecule has 0 radical (unpaired) electrons. The van der Waals surface area contributed by atoms with E-state index in [2.05, 4.69) is 15.1 Å². The van der Waals surface area contributed by atoms with Crippen LogP contribution < -0.4 is 4.74 Å². The van der Waals surface area contributed by atoms with Crippen molar-refractivity contribution in [3.63, 3.8) is 0 Å². The summed E-state index contributed by atoms with van der Waals surface area (Å²) in [6.45, 7) is 1.23. The van der Waals surface area contributed by atoms with Gasteiger partial charge in [-0.3, -0.25) is 4.98 Å². The largest absolute Gasteiger partial charge is 0.463 e. The average molecular weight is 355 g/mol. The second kappa shape index (κ2) is 7.45. The van der Waals surface area contributed by atoms with Gasteiger partial charge >= 0.3 is 12.0 Å². The van der Waals surface area contributed by atoms with Crippen LogP contribution in [0.4, 0.5) is 0 Å². The van der Waals surface area contributed by atoms with E-state index in [0.29, 0.717) is 35.4 Å². The summed E-state index contributed by atoms with van der Waals surface area (Å²) < 4.78 is 15.4. The number of pyridine rings is 1. The molecule has 1 unspecified atom stereocenters. The van der Waals surface area contributed by atoms with E-state index >= 15 is 0 Å². The molecule has 3 rings (SSSR count). The van der Waals surface area contributed by atoms with Crippen molar-refractivity contribution in [2.45, 2.75) is 6.42 Å². The number of hydrogen-bond donors (Lipinski definition) is 1. The molecule has 1 N–H and O–H groups in total. The van der Waals surface area contributed by atoms with Gasteiger partial charge in [-0.25, -0.2) is 4.79 Å². The molecule has 0 amide bonds. The first-order valence-electron chi connectivity index (χ1n) is 7.26. The second-order valence-electron chi connectivity index (χ2n) is 5.17. The average Bonchev–Trinajstić information content (AvgIpc) is 3.21. The van der Waals surface area contributed by atoms with Crippen molar-refractivity contribution in [2.24, 2.45) is 5.92 Å². The zero-order valence-electron chi connectivity index (χ0n) is 12.6. The maximum Gasteiger partial charge on any atom is 0.344 e. The monoisotopic (exact) mass is 354 g/mol. The highest BCUT2D eigenvalue weighted by atomic mass is 35.5. The van der Waals surface area contributed by atoms with Gasteiger partial charge in [-0.15, -0.1) is 0 Å². The molecule has 1 atom stereocenters. The van der Waals surface area contributed by atoms with Crippen LogP contribution in [0.3, 0.4) is 0 Å². The van der Waals surface area contributed by atoms with E-state index < -0.39 is 5.97 Å². The van der Waals surface area contributed by atoms with Gasteiger partial charge in [0.1, 0.15) is 5.69 Å². The fourth-order valence-corrected chi connectivity index (χ4v) is 2.22. The molecule has 1 saturated heterocycles. The Kier molecular flexibility index (Phi) is 5.11. The number of aromatic nitrogens is 4. The van der Waals surface area contributed by atoms with Gasteiger partial charge in [0.15, 0.2) is 6.61 Å². The van der Waals surface area contributed by atoms with Crippen LogP contribution in [-0.4, -0.2) is 57.5 Å². The Hall–Kier alpha value is -2.39. The van der Waals surface area contributed by atoms with E-state index in [1.54, 1.807) is 12.1 Å². The number of ether oxygens (including phenoxy) is 3. The van der Waals surface area contributed by atoms with E-state index in [1.807, 2.05) is 0 Å². The number of esters is 1. The summed E-state index contributed by atoms with van der Waals surface area (Å²) in [6, 6.07) is 3.01. The first kappa shape index (κ1) is 16.5. The second-order valence-corrected chi connectivity index (χ2v) is 5.61. The Bertz CT molecular complexity index is 700. The minimum atomic E-state index is -0.539. The lowest BCUT2D eigenvalue weighted by atomic mass is 10.1. The topological polar surface area (TPSA) is 109 Å². The van der Waals surface area contributed by atoms with E-state index in [1.165, 1.54) is 6.20 Å². The highest BCUT2D eigenvalue weighted by Crippen LogP contribution is 2.18. The fourth-order valence-electron chi connectivity index (χ4n) is 2.11. The quantitative estimate of drug-likeness (QED) is 0.608. The molecule has 1 fully saturated rings. The predicted octanol–water partition coefficient (Wildman–Crippen LogP) is 1.19. The number of halogens is 1. The minimum Gasteiger partial charge on any atom is -0.463 e. The summed E-state index contributed by atoms with van der Waals surface area (Å²) in [5.41, 5.74) is 0.355. The van der Waals surface area contributed by atoms with Crippen molar-refractivity contribution in [1.82, 2.24) is 19.9 Å². The standard InChI is InChI=1S/C14H15ClN4O5/c15-10-1-2-11(16-5-10)13-17-14(18-19(13)21)24-8-12(20)23-7-9-3-4-22-6-9/h1-2,5,9,21H,3-4,6-8H2. The summed E-state index contributed by atoms with van der Waals surface area (Å²) in [6.07, 6.45) is 2.29. The Labute approximate surface area is 142 Å². The highest BCUT2D eigenvalue weighted by Gasteiger charge is 2.19. The number of rotatable bonds is 6. The Balaban J connectivity index is 1.53. The third kappa shape index (κ3) is 4.12. The number of nitrogens with zero attached hydrogens (tertiary/aromatic N) is 4. The van der Waals surface area contributed by atoms with Crippen molar-refractivity contribution in [3.05, 3.63) is 23.4 Å². The molecule has 128 valence electrons. The van der Waals surface area contributed by atoms with E-state index in [-0.39, 0.29) is 24.4 Å². The molecule has 3 heterocycles. The molecule has 1 aliphatic rings. The molecular weight excluding hydrogens is 340 g/mol. The molecule has 0 spiro atoms. The lowest BCUT2D eigenvalue weighted by Gasteiger charge is -2.08. The molecule has 0 aliphatic carbocycles. The molecular formula is C14H15ClN4O5. The smallest absolute Gasteiger partial charge is 0.344 e. The molecule has 0 bridgehead atoms. The number of hydrogen-bond acceptors (Lipinski definition) is 8. The van der Waals surface area contributed by atoms with Crippen LogP contribution in [0.15, 0.2) is 18.3 Å². The van der Waals surface area contributed by atoms with Crippen LogP contribution in [-0.2, 0) is 14.3 Å². The molecule has 2 aromatic heterocycles. The first-order chi connectivity index (χ1) is 11.6. The zero-order chi connectivity index (χ0) is 16.9. The summed E-state index contributed by atoms with van der Waals surface area (Å²) in [7, 11) is 0.